The van der Waals surface area contributed by atoms with E-state index in [2.05, 4.69) is 6.58 Å². The van der Waals surface area contributed by atoms with E-state index in [-0.39, 0.29) is 5.91 Å². The molecule has 0 aliphatic carbocycles. The molecule has 0 saturated carbocycles. The first-order valence-electron chi connectivity index (χ1n) is 3.40. The lowest BCUT2D eigenvalue weighted by Crippen LogP contribution is -2.36. The van der Waals surface area contributed by atoms with Crippen LogP contribution in [0.4, 0.5) is 0 Å². The number of nitrogens with zero attached hydrogens (tertiary/aromatic N) is 1. The van der Waals surface area contributed by atoms with Gasteiger partial charge in [-0.25, -0.2) is 5.84 Å². The molecule has 3 nitrogen and oxygen atoms in total. The van der Waals surface area contributed by atoms with Crippen molar-refractivity contribution in [1.82, 2.24) is 5.01 Å². The average Bonchev–Trinajstić information content (AvgIpc) is 1.86. The van der Waals surface area contributed by atoms with Gasteiger partial charge in [-0.15, -0.1) is 6.58 Å². The quantitative estimate of drug-likeness (QED) is 0.215. The van der Waals surface area contributed by atoms with Gasteiger partial charge in [0.05, 0.1) is 6.54 Å². The van der Waals surface area contributed by atoms with Crippen LogP contribution in [0.1, 0.15) is 13.8 Å². The molecule has 0 aliphatic heterocycles. The van der Waals surface area contributed by atoms with Gasteiger partial charge in [0.2, 0.25) is 0 Å². The molecule has 0 heterocycles. The summed E-state index contributed by atoms with van der Waals surface area (Å²) in [5.74, 6) is 5.15. The molecule has 0 aromatic carbocycles. The monoisotopic (exact) mass is 154 g/mol. The second-order valence-corrected chi connectivity index (χ2v) is 2.50. The molecule has 0 radical (unpaired) electrons. The van der Waals surface area contributed by atoms with Gasteiger partial charge in [0.15, 0.2) is 0 Å². The molecule has 0 aliphatic rings. The predicted octanol–water partition coefficient (Wildman–Crippen LogP) is 0.841. The van der Waals surface area contributed by atoms with Crippen LogP contribution in [0.5, 0.6) is 0 Å². The number of hydrogen-bond acceptors (Lipinski definition) is 2. The fourth-order valence-electron chi connectivity index (χ4n) is 0.559. The lowest BCUT2D eigenvalue weighted by atomic mass is 10.3. The molecule has 2 N–H and O–H groups in total. The Labute approximate surface area is 67.1 Å². The van der Waals surface area contributed by atoms with Gasteiger partial charge in [-0.3, -0.25) is 9.80 Å². The third kappa shape index (κ3) is 4.33. The summed E-state index contributed by atoms with van der Waals surface area (Å²) in [6.07, 6.45) is 3.07. The summed E-state index contributed by atoms with van der Waals surface area (Å²) >= 11 is 0. The summed E-state index contributed by atoms with van der Waals surface area (Å²) in [5, 5.41) is 1.11. The third-order valence-electron chi connectivity index (χ3n) is 1.02. The number of nitrogens with two attached hydrogens (primary N) is 1. The normalized spacial score (nSPS) is 8.64. The zero-order chi connectivity index (χ0) is 8.85. The van der Waals surface area contributed by atoms with Crippen molar-refractivity contribution < 1.29 is 4.79 Å². The molecule has 0 atom stereocenters. The van der Waals surface area contributed by atoms with E-state index in [1.807, 2.05) is 13.8 Å². The summed E-state index contributed by atoms with van der Waals surface area (Å²) in [6.45, 7) is 7.54. The van der Waals surface area contributed by atoms with Crippen molar-refractivity contribution in [3.63, 3.8) is 0 Å². The largest absolute Gasteiger partial charge is 0.273 e. The summed E-state index contributed by atoms with van der Waals surface area (Å²) in [7, 11) is 0. The van der Waals surface area contributed by atoms with E-state index >= 15 is 0 Å². The Morgan fingerprint density at radius 1 is 1.64 bits per heavy atom. The van der Waals surface area contributed by atoms with E-state index in [4.69, 9.17) is 5.84 Å². The standard InChI is InChI=1S/C8H14N2O/c1-4-5-10(9)8(11)6-7(2)3/h4,6H,1,5,9H2,2-3H3. The highest BCUT2D eigenvalue weighted by Crippen LogP contribution is 1.91. The first kappa shape index (κ1) is 9.91. The number of carbonyl (C=O) groups excluding carboxylic acids is 1. The van der Waals surface area contributed by atoms with Crippen LogP contribution in [0.25, 0.3) is 0 Å². The summed E-state index contributed by atoms with van der Waals surface area (Å²) in [6, 6.07) is 0. The number of carbonyl (C=O) groups is 1. The van der Waals surface area contributed by atoms with Crippen LogP contribution in [0.2, 0.25) is 0 Å². The van der Waals surface area contributed by atoms with Gasteiger partial charge >= 0.3 is 0 Å². The van der Waals surface area contributed by atoms with E-state index in [9.17, 15) is 4.79 Å². The van der Waals surface area contributed by atoms with Crippen molar-refractivity contribution >= 4 is 5.91 Å². The second kappa shape index (κ2) is 4.68. The molecule has 3 heteroatoms. The Morgan fingerprint density at radius 2 is 2.18 bits per heavy atom. The van der Waals surface area contributed by atoms with Crippen LogP contribution >= 0.6 is 0 Å². The van der Waals surface area contributed by atoms with Crippen molar-refractivity contribution in [3.05, 3.63) is 24.3 Å². The molecule has 11 heavy (non-hydrogen) atoms. The third-order valence-corrected chi connectivity index (χ3v) is 1.02. The number of allylic oxidation sites excluding steroid dienone is 1. The van der Waals surface area contributed by atoms with Crippen molar-refractivity contribution in [2.45, 2.75) is 13.8 Å². The molecule has 0 aromatic heterocycles. The number of rotatable bonds is 3. The van der Waals surface area contributed by atoms with Gasteiger partial charge < -0.3 is 0 Å². The lowest BCUT2D eigenvalue weighted by molar-refractivity contribution is -0.125. The molecule has 0 rings (SSSR count). The molecule has 0 aromatic rings. The van der Waals surface area contributed by atoms with Crippen LogP contribution in [-0.2, 0) is 4.79 Å². The summed E-state index contributed by atoms with van der Waals surface area (Å²) in [5.41, 5.74) is 0.939. The minimum absolute atomic E-state index is 0.190. The van der Waals surface area contributed by atoms with Crippen LogP contribution in [0, 0.1) is 0 Å². The molecule has 0 bridgehead atoms. The van der Waals surface area contributed by atoms with E-state index in [1.54, 1.807) is 6.08 Å². The van der Waals surface area contributed by atoms with Gasteiger partial charge in [0.25, 0.3) is 5.91 Å². The summed E-state index contributed by atoms with van der Waals surface area (Å²) in [4.78, 5) is 11.0. The first-order valence-corrected chi connectivity index (χ1v) is 3.40. The van der Waals surface area contributed by atoms with Crippen LogP contribution < -0.4 is 5.84 Å². The number of hydrogen-bond donors (Lipinski definition) is 1. The maximum Gasteiger partial charge on any atom is 0.260 e. The highest BCUT2D eigenvalue weighted by atomic mass is 16.2. The Bertz CT molecular complexity index is 181. The highest BCUT2D eigenvalue weighted by Gasteiger charge is 2.01. The SMILES string of the molecule is C=CCN(N)C(=O)C=C(C)C. The molecule has 0 unspecified atom stereocenters. The summed E-state index contributed by atoms with van der Waals surface area (Å²) < 4.78 is 0. The van der Waals surface area contributed by atoms with Gasteiger partial charge in [0, 0.05) is 6.08 Å². The van der Waals surface area contributed by atoms with Crippen molar-refractivity contribution in [3.8, 4) is 0 Å². The van der Waals surface area contributed by atoms with Gasteiger partial charge in [-0.2, -0.15) is 0 Å². The van der Waals surface area contributed by atoms with Gasteiger partial charge in [-0.05, 0) is 13.8 Å². The molecule has 0 saturated heterocycles. The Balaban J connectivity index is 4.03. The van der Waals surface area contributed by atoms with E-state index < -0.39 is 0 Å². The van der Waals surface area contributed by atoms with Gasteiger partial charge in [-0.1, -0.05) is 11.6 Å². The van der Waals surface area contributed by atoms with Crippen LogP contribution in [-0.4, -0.2) is 17.5 Å². The van der Waals surface area contributed by atoms with E-state index in [1.165, 1.54) is 6.08 Å². The van der Waals surface area contributed by atoms with E-state index in [0.717, 1.165) is 10.6 Å². The fourth-order valence-corrected chi connectivity index (χ4v) is 0.559. The lowest BCUT2D eigenvalue weighted by Gasteiger charge is -2.11. The fraction of sp³-hybridized carbons (Fsp3) is 0.375. The van der Waals surface area contributed by atoms with Gasteiger partial charge in [0.1, 0.15) is 0 Å². The Morgan fingerprint density at radius 3 is 2.55 bits per heavy atom. The van der Waals surface area contributed by atoms with Crippen LogP contribution in [0.15, 0.2) is 24.3 Å². The topological polar surface area (TPSA) is 46.3 Å². The number of amides is 1. The minimum Gasteiger partial charge on any atom is -0.273 e. The number of hydrazine groups is 1. The Kier molecular flexibility index (Phi) is 4.22. The smallest absolute Gasteiger partial charge is 0.260 e. The van der Waals surface area contributed by atoms with Crippen molar-refractivity contribution in [2.75, 3.05) is 6.54 Å². The molecule has 0 fully saturated rings. The molecule has 0 spiro atoms. The first-order chi connectivity index (χ1) is 5.07. The maximum absolute atomic E-state index is 11.0. The second-order valence-electron chi connectivity index (χ2n) is 2.50. The Hall–Kier alpha value is -1.09. The van der Waals surface area contributed by atoms with Crippen molar-refractivity contribution in [2.24, 2.45) is 5.84 Å². The zero-order valence-corrected chi connectivity index (χ0v) is 7.00. The predicted molar refractivity (Wildman–Crippen MR) is 45.5 cm³/mol. The molecule has 62 valence electrons. The molecular formula is C8H14N2O. The van der Waals surface area contributed by atoms with E-state index in [0.29, 0.717) is 6.54 Å². The molecule has 1 amide bonds. The van der Waals surface area contributed by atoms with Crippen LogP contribution in [0.3, 0.4) is 0 Å². The zero-order valence-electron chi connectivity index (χ0n) is 7.00. The highest BCUT2D eigenvalue weighted by molar-refractivity contribution is 5.87. The average molecular weight is 154 g/mol. The van der Waals surface area contributed by atoms with Crippen molar-refractivity contribution in [1.29, 1.82) is 0 Å². The molecular weight excluding hydrogens is 140 g/mol. The minimum atomic E-state index is -0.190. The maximum atomic E-state index is 11.0.